The molecular weight excluding hydrogens is 363 g/mol. The Morgan fingerprint density at radius 2 is 2.04 bits per heavy atom. The topological polar surface area (TPSA) is 47.2 Å². The van der Waals surface area contributed by atoms with Crippen molar-refractivity contribution < 1.29 is 13.2 Å². The van der Waals surface area contributed by atoms with Gasteiger partial charge in [-0.25, -0.2) is 4.98 Å². The second kappa shape index (κ2) is 6.35. The van der Waals surface area contributed by atoms with Crippen LogP contribution in [0, 0.1) is 0 Å². The second-order valence-electron chi connectivity index (χ2n) is 6.15. The Morgan fingerprint density at radius 3 is 2.85 bits per heavy atom. The zero-order valence-electron chi connectivity index (χ0n) is 13.6. The number of alkyl halides is 3. The highest BCUT2D eigenvalue weighted by Gasteiger charge is 2.30. The molecule has 8 heteroatoms. The van der Waals surface area contributed by atoms with Crippen LogP contribution in [0.3, 0.4) is 0 Å². The van der Waals surface area contributed by atoms with Crippen LogP contribution in [0.15, 0.2) is 40.5 Å². The molecule has 134 valence electrons. The third kappa shape index (κ3) is 3.05. The van der Waals surface area contributed by atoms with Crippen molar-refractivity contribution in [3.63, 3.8) is 0 Å². The molecule has 26 heavy (non-hydrogen) atoms. The molecule has 1 aliphatic carbocycles. The summed E-state index contributed by atoms with van der Waals surface area (Å²) in [4.78, 5) is 19.0. The van der Waals surface area contributed by atoms with Crippen LogP contribution >= 0.6 is 11.3 Å². The largest absolute Gasteiger partial charge is 0.416 e. The van der Waals surface area contributed by atoms with Gasteiger partial charge in [0, 0.05) is 4.88 Å². The molecule has 0 spiro atoms. The van der Waals surface area contributed by atoms with Gasteiger partial charge in [0.05, 0.1) is 17.2 Å². The normalized spacial score (nSPS) is 14.9. The van der Waals surface area contributed by atoms with Gasteiger partial charge in [-0.05, 0) is 48.9 Å². The molecule has 2 heterocycles. The van der Waals surface area contributed by atoms with E-state index in [1.165, 1.54) is 29.6 Å². The Hall–Kier alpha value is -2.48. The Labute approximate surface area is 150 Å². The van der Waals surface area contributed by atoms with Gasteiger partial charge in [-0.2, -0.15) is 22.9 Å². The third-order valence-corrected chi connectivity index (χ3v) is 5.60. The van der Waals surface area contributed by atoms with E-state index in [0.29, 0.717) is 10.2 Å². The lowest BCUT2D eigenvalue weighted by molar-refractivity contribution is -0.137. The maximum absolute atomic E-state index is 12.8. The summed E-state index contributed by atoms with van der Waals surface area (Å²) in [6.45, 7) is 0. The highest BCUT2D eigenvalue weighted by molar-refractivity contribution is 7.18. The molecule has 0 unspecified atom stereocenters. The first-order chi connectivity index (χ1) is 12.4. The van der Waals surface area contributed by atoms with E-state index in [1.54, 1.807) is 11.3 Å². The van der Waals surface area contributed by atoms with E-state index in [9.17, 15) is 18.0 Å². The van der Waals surface area contributed by atoms with Crippen molar-refractivity contribution in [3.05, 3.63) is 62.5 Å². The van der Waals surface area contributed by atoms with Gasteiger partial charge in [0.1, 0.15) is 11.2 Å². The first kappa shape index (κ1) is 17.0. The molecule has 1 aromatic carbocycles. The highest BCUT2D eigenvalue weighted by Crippen LogP contribution is 2.33. The number of hydrogen-bond acceptors (Lipinski definition) is 4. The van der Waals surface area contributed by atoms with Crippen LogP contribution in [-0.2, 0) is 19.0 Å². The van der Waals surface area contributed by atoms with Crippen molar-refractivity contribution in [2.75, 3.05) is 0 Å². The Balaban J connectivity index is 1.73. The number of halogens is 3. The summed E-state index contributed by atoms with van der Waals surface area (Å²) < 4.78 is 39.4. The Kier molecular flexibility index (Phi) is 4.14. The van der Waals surface area contributed by atoms with Gasteiger partial charge in [0.15, 0.2) is 0 Å². The summed E-state index contributed by atoms with van der Waals surface area (Å²) >= 11 is 1.54. The number of aromatic nitrogens is 2. The van der Waals surface area contributed by atoms with Crippen molar-refractivity contribution in [2.24, 2.45) is 5.10 Å². The molecule has 0 saturated carbocycles. The molecule has 2 aromatic heterocycles. The van der Waals surface area contributed by atoms with Crippen molar-refractivity contribution in [2.45, 2.75) is 31.9 Å². The Bertz CT molecular complexity index is 1070. The predicted octanol–water partition coefficient (Wildman–Crippen LogP) is 4.24. The van der Waals surface area contributed by atoms with Gasteiger partial charge in [-0.1, -0.05) is 12.1 Å². The van der Waals surface area contributed by atoms with Crippen molar-refractivity contribution >= 4 is 27.8 Å². The molecule has 0 bridgehead atoms. The fourth-order valence-corrected chi connectivity index (χ4v) is 4.36. The van der Waals surface area contributed by atoms with Gasteiger partial charge in [-0.15, -0.1) is 11.3 Å². The summed E-state index contributed by atoms with van der Waals surface area (Å²) in [5, 5.41) is 4.62. The molecule has 3 aromatic rings. The number of thiophene rings is 1. The van der Waals surface area contributed by atoms with Crippen molar-refractivity contribution in [1.29, 1.82) is 0 Å². The molecule has 4 rings (SSSR count). The number of aryl methyl sites for hydroxylation is 2. The number of hydrogen-bond donors (Lipinski definition) is 0. The first-order valence-electron chi connectivity index (χ1n) is 8.17. The summed E-state index contributed by atoms with van der Waals surface area (Å²) in [5.41, 5.74) is 0.281. The lowest BCUT2D eigenvalue weighted by Crippen LogP contribution is -2.18. The predicted molar refractivity (Wildman–Crippen MR) is 95.0 cm³/mol. The molecule has 0 aliphatic heterocycles. The van der Waals surface area contributed by atoms with Crippen LogP contribution in [0.2, 0.25) is 0 Å². The molecule has 1 aliphatic rings. The zero-order chi connectivity index (χ0) is 18.3. The van der Waals surface area contributed by atoms with Gasteiger partial charge >= 0.3 is 6.18 Å². The number of rotatable bonds is 2. The fourth-order valence-electron chi connectivity index (χ4n) is 3.14. The molecule has 0 atom stereocenters. The molecule has 0 radical (unpaired) electrons. The van der Waals surface area contributed by atoms with Crippen molar-refractivity contribution in [1.82, 2.24) is 9.66 Å². The van der Waals surface area contributed by atoms with Crippen LogP contribution in [0.25, 0.3) is 10.2 Å². The van der Waals surface area contributed by atoms with Crippen LogP contribution in [0.5, 0.6) is 0 Å². The van der Waals surface area contributed by atoms with Gasteiger partial charge in [0.25, 0.3) is 5.56 Å². The summed E-state index contributed by atoms with van der Waals surface area (Å²) in [7, 11) is 0. The minimum atomic E-state index is -4.42. The minimum absolute atomic E-state index is 0.263. The van der Waals surface area contributed by atoms with E-state index in [4.69, 9.17) is 0 Å². The van der Waals surface area contributed by atoms with Crippen molar-refractivity contribution in [3.8, 4) is 0 Å². The summed E-state index contributed by atoms with van der Waals surface area (Å²) in [5.74, 6) is 0. The molecule has 4 nitrogen and oxygen atoms in total. The van der Waals surface area contributed by atoms with Crippen LogP contribution in [0.1, 0.15) is 34.4 Å². The first-order valence-corrected chi connectivity index (χ1v) is 8.98. The molecule has 0 saturated heterocycles. The van der Waals surface area contributed by atoms with E-state index < -0.39 is 11.7 Å². The SMILES string of the molecule is O=c1c2c3c(sc2ncn1/N=C\c1cccc(C(F)(F)F)c1)CCCC3. The smallest absolute Gasteiger partial charge is 0.267 e. The van der Waals surface area contributed by atoms with Gasteiger partial charge < -0.3 is 0 Å². The van der Waals surface area contributed by atoms with E-state index in [1.807, 2.05) is 0 Å². The number of nitrogens with zero attached hydrogens (tertiary/aromatic N) is 3. The van der Waals surface area contributed by atoms with Crippen LogP contribution < -0.4 is 5.56 Å². The highest BCUT2D eigenvalue weighted by atomic mass is 32.1. The third-order valence-electron chi connectivity index (χ3n) is 4.40. The molecule has 0 fully saturated rings. The number of benzene rings is 1. The summed E-state index contributed by atoms with van der Waals surface area (Å²) in [6.07, 6.45) is 2.11. The van der Waals surface area contributed by atoms with E-state index in [2.05, 4.69) is 10.1 Å². The second-order valence-corrected chi connectivity index (χ2v) is 7.24. The average Bonchev–Trinajstić information content (AvgIpc) is 3.00. The zero-order valence-corrected chi connectivity index (χ0v) is 14.4. The van der Waals surface area contributed by atoms with Gasteiger partial charge in [0.2, 0.25) is 0 Å². The molecular formula is C18H14F3N3OS. The lowest BCUT2D eigenvalue weighted by atomic mass is 9.97. The lowest BCUT2D eigenvalue weighted by Gasteiger charge is -2.09. The maximum Gasteiger partial charge on any atom is 0.416 e. The molecule has 0 amide bonds. The van der Waals surface area contributed by atoms with Crippen LogP contribution in [0.4, 0.5) is 13.2 Å². The van der Waals surface area contributed by atoms with Gasteiger partial charge in [-0.3, -0.25) is 4.79 Å². The monoisotopic (exact) mass is 377 g/mol. The standard InChI is InChI=1S/C18H14F3N3OS/c19-18(20,21)12-5-3-4-11(8-12)9-23-24-10-22-16-15(17(24)25)13-6-1-2-7-14(13)26-16/h3-5,8-10H,1-2,6-7H2/b23-9-. The average molecular weight is 377 g/mol. The quantitative estimate of drug-likeness (QED) is 0.627. The van der Waals surface area contributed by atoms with E-state index in [0.717, 1.165) is 48.1 Å². The Morgan fingerprint density at radius 1 is 1.23 bits per heavy atom. The van der Waals surface area contributed by atoms with Crippen LogP contribution in [-0.4, -0.2) is 15.9 Å². The summed E-state index contributed by atoms with van der Waals surface area (Å²) in [6, 6.07) is 4.80. The minimum Gasteiger partial charge on any atom is -0.267 e. The maximum atomic E-state index is 12.8. The van der Waals surface area contributed by atoms with E-state index in [-0.39, 0.29) is 11.1 Å². The number of fused-ring (bicyclic) bond motifs is 3. The van der Waals surface area contributed by atoms with E-state index >= 15 is 0 Å². The molecule has 0 N–H and O–H groups in total. The fraction of sp³-hybridized carbons (Fsp3) is 0.278.